The Bertz CT molecular complexity index is 473. The fourth-order valence-corrected chi connectivity index (χ4v) is 2.23. The number of aromatic nitrogens is 2. The lowest BCUT2D eigenvalue weighted by Crippen LogP contribution is -2.17. The molecule has 16 heavy (non-hydrogen) atoms. The van der Waals surface area contributed by atoms with E-state index in [0.717, 1.165) is 11.3 Å². The molecular weight excluding hydrogens is 265 g/mol. The summed E-state index contributed by atoms with van der Waals surface area (Å²) in [5.74, 6) is 0. The minimum Gasteiger partial charge on any atom is -0.308 e. The van der Waals surface area contributed by atoms with Crippen LogP contribution in [0, 0.1) is 0 Å². The van der Waals surface area contributed by atoms with E-state index in [4.69, 9.17) is 23.2 Å². The Morgan fingerprint density at radius 2 is 2.12 bits per heavy atom. The molecule has 1 atom stereocenters. The SMILES string of the molecule is CNC(c1ccc(Cl)c(Cl)c1)c1cnsn1. The third kappa shape index (κ3) is 2.35. The molecule has 0 fully saturated rings. The molecule has 0 aliphatic rings. The van der Waals surface area contributed by atoms with Crippen molar-refractivity contribution in [3.63, 3.8) is 0 Å². The molecule has 1 heterocycles. The molecule has 2 rings (SSSR count). The third-order valence-electron chi connectivity index (χ3n) is 2.24. The van der Waals surface area contributed by atoms with Crippen molar-refractivity contribution in [2.45, 2.75) is 6.04 Å². The van der Waals surface area contributed by atoms with E-state index < -0.39 is 0 Å². The number of benzene rings is 1. The van der Waals surface area contributed by atoms with Crippen LogP contribution in [0.1, 0.15) is 17.3 Å². The Balaban J connectivity index is 2.37. The Morgan fingerprint density at radius 3 is 2.69 bits per heavy atom. The highest BCUT2D eigenvalue weighted by molar-refractivity contribution is 6.99. The molecule has 0 aliphatic carbocycles. The Labute approximate surface area is 108 Å². The molecule has 6 heteroatoms. The van der Waals surface area contributed by atoms with Gasteiger partial charge in [0.2, 0.25) is 0 Å². The average molecular weight is 274 g/mol. The first kappa shape index (κ1) is 11.8. The van der Waals surface area contributed by atoms with Crippen LogP contribution >= 0.6 is 34.9 Å². The highest BCUT2D eigenvalue weighted by Crippen LogP contribution is 2.28. The smallest absolute Gasteiger partial charge is 0.0957 e. The molecule has 0 amide bonds. The van der Waals surface area contributed by atoms with Crippen LogP contribution in [0.4, 0.5) is 0 Å². The van der Waals surface area contributed by atoms with Gasteiger partial charge in [-0.3, -0.25) is 0 Å². The highest BCUT2D eigenvalue weighted by atomic mass is 35.5. The Hall–Kier alpha value is -0.680. The first-order valence-corrected chi connectivity index (χ1v) is 6.10. The van der Waals surface area contributed by atoms with Crippen molar-refractivity contribution in [1.29, 1.82) is 0 Å². The predicted molar refractivity (Wildman–Crippen MR) is 67.3 cm³/mol. The number of halogens is 2. The summed E-state index contributed by atoms with van der Waals surface area (Å²) in [5, 5.41) is 4.27. The number of nitrogens with one attached hydrogen (secondary N) is 1. The van der Waals surface area contributed by atoms with E-state index in [0.29, 0.717) is 10.0 Å². The predicted octanol–water partition coefficient (Wildman–Crippen LogP) is 3.15. The number of hydrogen-bond donors (Lipinski definition) is 1. The van der Waals surface area contributed by atoms with Gasteiger partial charge in [0.05, 0.1) is 39.7 Å². The largest absolute Gasteiger partial charge is 0.308 e. The minimum atomic E-state index is -0.00600. The van der Waals surface area contributed by atoms with E-state index >= 15 is 0 Å². The molecule has 0 radical (unpaired) electrons. The van der Waals surface area contributed by atoms with Crippen LogP contribution in [-0.4, -0.2) is 15.8 Å². The zero-order chi connectivity index (χ0) is 11.5. The molecule has 2 aromatic rings. The molecule has 84 valence electrons. The van der Waals surface area contributed by atoms with Gasteiger partial charge in [0, 0.05) is 0 Å². The van der Waals surface area contributed by atoms with E-state index in [9.17, 15) is 0 Å². The molecule has 1 aromatic carbocycles. The van der Waals surface area contributed by atoms with Gasteiger partial charge in [0.25, 0.3) is 0 Å². The Morgan fingerprint density at radius 1 is 1.31 bits per heavy atom. The summed E-state index contributed by atoms with van der Waals surface area (Å²) < 4.78 is 8.20. The summed E-state index contributed by atoms with van der Waals surface area (Å²) in [7, 11) is 1.87. The van der Waals surface area contributed by atoms with Crippen LogP contribution in [0.5, 0.6) is 0 Å². The van der Waals surface area contributed by atoms with E-state index in [1.54, 1.807) is 12.3 Å². The number of nitrogens with zero attached hydrogens (tertiary/aromatic N) is 2. The second-order valence-electron chi connectivity index (χ2n) is 3.23. The normalized spacial score (nSPS) is 12.7. The molecular formula is C10H9Cl2N3S. The first-order chi connectivity index (χ1) is 7.72. The summed E-state index contributed by atoms with van der Waals surface area (Å²) >= 11 is 13.0. The van der Waals surface area contributed by atoms with E-state index in [2.05, 4.69) is 14.1 Å². The number of rotatable bonds is 3. The van der Waals surface area contributed by atoms with E-state index in [-0.39, 0.29) is 6.04 Å². The van der Waals surface area contributed by atoms with Crippen molar-refractivity contribution < 1.29 is 0 Å². The van der Waals surface area contributed by atoms with Crippen molar-refractivity contribution >= 4 is 34.9 Å². The van der Waals surface area contributed by atoms with Gasteiger partial charge in [-0.2, -0.15) is 8.75 Å². The van der Waals surface area contributed by atoms with Crippen LogP contribution in [0.25, 0.3) is 0 Å². The lowest BCUT2D eigenvalue weighted by Gasteiger charge is -2.14. The summed E-state index contributed by atoms with van der Waals surface area (Å²) in [6, 6.07) is 5.54. The summed E-state index contributed by atoms with van der Waals surface area (Å²) in [4.78, 5) is 0. The van der Waals surface area contributed by atoms with Gasteiger partial charge in [0.15, 0.2) is 0 Å². The maximum Gasteiger partial charge on any atom is 0.0957 e. The second kappa shape index (κ2) is 5.10. The maximum atomic E-state index is 5.98. The van der Waals surface area contributed by atoms with Crippen molar-refractivity contribution in [1.82, 2.24) is 14.1 Å². The van der Waals surface area contributed by atoms with Gasteiger partial charge >= 0.3 is 0 Å². The van der Waals surface area contributed by atoms with Gasteiger partial charge in [0.1, 0.15) is 0 Å². The maximum absolute atomic E-state index is 5.98. The molecule has 1 aromatic heterocycles. The monoisotopic (exact) mass is 273 g/mol. The summed E-state index contributed by atoms with van der Waals surface area (Å²) in [6.45, 7) is 0. The van der Waals surface area contributed by atoms with Gasteiger partial charge in [-0.1, -0.05) is 29.3 Å². The quantitative estimate of drug-likeness (QED) is 0.934. The fourth-order valence-electron chi connectivity index (χ4n) is 1.48. The number of hydrogen-bond acceptors (Lipinski definition) is 4. The molecule has 3 nitrogen and oxygen atoms in total. The van der Waals surface area contributed by atoms with Crippen LogP contribution in [0.15, 0.2) is 24.4 Å². The standard InChI is InChI=1S/C10H9Cl2N3S/c1-13-10(9-5-14-16-15-9)6-2-3-7(11)8(12)4-6/h2-5,10,13H,1H3. The molecule has 0 bridgehead atoms. The topological polar surface area (TPSA) is 37.8 Å². The molecule has 1 N–H and O–H groups in total. The first-order valence-electron chi connectivity index (χ1n) is 4.62. The van der Waals surface area contributed by atoms with E-state index in [1.165, 1.54) is 11.7 Å². The summed E-state index contributed by atoms with van der Waals surface area (Å²) in [6.07, 6.45) is 1.74. The van der Waals surface area contributed by atoms with Crippen molar-refractivity contribution in [2.75, 3.05) is 7.05 Å². The van der Waals surface area contributed by atoms with Crippen LogP contribution < -0.4 is 5.32 Å². The van der Waals surface area contributed by atoms with Crippen molar-refractivity contribution in [2.24, 2.45) is 0 Å². The van der Waals surface area contributed by atoms with Gasteiger partial charge < -0.3 is 5.32 Å². The average Bonchev–Trinajstić information content (AvgIpc) is 2.78. The van der Waals surface area contributed by atoms with Gasteiger partial charge in [-0.25, -0.2) is 0 Å². The second-order valence-corrected chi connectivity index (χ2v) is 4.60. The Kier molecular flexibility index (Phi) is 3.76. The third-order valence-corrected chi connectivity index (χ3v) is 3.47. The van der Waals surface area contributed by atoms with Gasteiger partial charge in [-0.05, 0) is 24.7 Å². The summed E-state index contributed by atoms with van der Waals surface area (Å²) in [5.41, 5.74) is 1.90. The van der Waals surface area contributed by atoms with Gasteiger partial charge in [-0.15, -0.1) is 0 Å². The van der Waals surface area contributed by atoms with Crippen molar-refractivity contribution in [3.05, 3.63) is 45.7 Å². The highest BCUT2D eigenvalue weighted by Gasteiger charge is 2.15. The zero-order valence-corrected chi connectivity index (χ0v) is 10.8. The molecule has 0 saturated heterocycles. The van der Waals surface area contributed by atoms with Crippen LogP contribution in [-0.2, 0) is 0 Å². The molecule has 0 saturated carbocycles. The molecule has 0 spiro atoms. The lowest BCUT2D eigenvalue weighted by atomic mass is 10.0. The van der Waals surface area contributed by atoms with E-state index in [1.807, 2.05) is 19.2 Å². The minimum absolute atomic E-state index is 0.00600. The fraction of sp³-hybridized carbons (Fsp3) is 0.200. The van der Waals surface area contributed by atoms with Crippen LogP contribution in [0.3, 0.4) is 0 Å². The van der Waals surface area contributed by atoms with Crippen molar-refractivity contribution in [3.8, 4) is 0 Å². The van der Waals surface area contributed by atoms with Crippen LogP contribution in [0.2, 0.25) is 10.0 Å². The molecule has 0 aliphatic heterocycles. The zero-order valence-electron chi connectivity index (χ0n) is 8.45. The molecule has 1 unspecified atom stereocenters. The lowest BCUT2D eigenvalue weighted by molar-refractivity contribution is 0.677.